The lowest BCUT2D eigenvalue weighted by Gasteiger charge is -2.23. The molecule has 0 bridgehead atoms. The highest BCUT2D eigenvalue weighted by Crippen LogP contribution is 2.14. The highest BCUT2D eigenvalue weighted by atomic mass is 32.1. The Kier molecular flexibility index (Phi) is 5.58. The van der Waals surface area contributed by atoms with Crippen molar-refractivity contribution in [1.82, 2.24) is 14.8 Å². The van der Waals surface area contributed by atoms with Crippen molar-refractivity contribution in [2.24, 2.45) is 0 Å². The third-order valence-electron chi connectivity index (χ3n) is 2.90. The molecule has 1 amide bonds. The largest absolute Gasteiger partial charge is 0.337 e. The Bertz CT molecular complexity index is 364. The van der Waals surface area contributed by atoms with E-state index in [1.54, 1.807) is 5.51 Å². The molecule has 0 unspecified atom stereocenters. The lowest BCUT2D eigenvalue weighted by molar-refractivity contribution is 0.0755. The van der Waals surface area contributed by atoms with E-state index in [9.17, 15) is 4.79 Å². The summed E-state index contributed by atoms with van der Waals surface area (Å²) >= 11 is 1.43. The van der Waals surface area contributed by atoms with E-state index in [1.165, 1.54) is 11.3 Å². The molecule has 4 nitrogen and oxygen atoms in total. The molecule has 1 aromatic heterocycles. The maximum Gasteiger partial charge on any atom is 0.265 e. The second kappa shape index (κ2) is 6.71. The number of carbonyl (C=O) groups excluding carboxylic acids is 1. The van der Waals surface area contributed by atoms with E-state index < -0.39 is 0 Å². The molecule has 1 heterocycles. The van der Waals surface area contributed by atoms with Crippen LogP contribution in [0.5, 0.6) is 0 Å². The second-order valence-corrected chi connectivity index (χ2v) is 4.90. The van der Waals surface area contributed by atoms with Gasteiger partial charge in [-0.3, -0.25) is 4.79 Å². The predicted molar refractivity (Wildman–Crippen MR) is 71.6 cm³/mol. The van der Waals surface area contributed by atoms with Crippen LogP contribution in [0, 0.1) is 6.92 Å². The standard InChI is InChI=1S/C12H21N3OS/c1-5-14(4)7-8-15(6-2)12(16)11-10(3)13-9-17-11/h9H,5-8H2,1-4H3. The Balaban J connectivity index is 2.62. The van der Waals surface area contributed by atoms with Crippen molar-refractivity contribution < 1.29 is 4.79 Å². The van der Waals surface area contributed by atoms with Crippen LogP contribution in [0.4, 0.5) is 0 Å². The van der Waals surface area contributed by atoms with E-state index in [2.05, 4.69) is 23.9 Å². The molecule has 0 fully saturated rings. The van der Waals surface area contributed by atoms with Gasteiger partial charge in [-0.25, -0.2) is 4.98 Å². The number of aromatic nitrogens is 1. The van der Waals surface area contributed by atoms with E-state index in [0.717, 1.165) is 36.8 Å². The Hall–Kier alpha value is -0.940. The van der Waals surface area contributed by atoms with E-state index in [-0.39, 0.29) is 5.91 Å². The number of amides is 1. The first kappa shape index (κ1) is 14.1. The van der Waals surface area contributed by atoms with Crippen molar-refractivity contribution in [3.05, 3.63) is 16.1 Å². The van der Waals surface area contributed by atoms with Crippen LogP contribution in [-0.4, -0.2) is 53.9 Å². The summed E-state index contributed by atoms with van der Waals surface area (Å²) in [5.74, 6) is 0.108. The van der Waals surface area contributed by atoms with Gasteiger partial charge < -0.3 is 9.80 Å². The minimum atomic E-state index is 0.108. The van der Waals surface area contributed by atoms with Crippen molar-refractivity contribution in [3.8, 4) is 0 Å². The van der Waals surface area contributed by atoms with E-state index in [1.807, 2.05) is 18.7 Å². The summed E-state index contributed by atoms with van der Waals surface area (Å²) in [5.41, 5.74) is 2.57. The van der Waals surface area contributed by atoms with Gasteiger partial charge in [-0.05, 0) is 27.4 Å². The van der Waals surface area contributed by atoms with E-state index >= 15 is 0 Å². The fraction of sp³-hybridized carbons (Fsp3) is 0.667. The van der Waals surface area contributed by atoms with Gasteiger partial charge in [0.15, 0.2) is 0 Å². The lowest BCUT2D eigenvalue weighted by atomic mass is 10.3. The van der Waals surface area contributed by atoms with E-state index in [4.69, 9.17) is 0 Å². The molecule has 5 heteroatoms. The summed E-state index contributed by atoms with van der Waals surface area (Å²) in [7, 11) is 2.07. The summed E-state index contributed by atoms with van der Waals surface area (Å²) in [6.45, 7) is 9.45. The van der Waals surface area contributed by atoms with Crippen molar-refractivity contribution in [1.29, 1.82) is 0 Å². The van der Waals surface area contributed by atoms with Gasteiger partial charge in [0.1, 0.15) is 4.88 Å². The van der Waals surface area contributed by atoms with Crippen LogP contribution in [0.2, 0.25) is 0 Å². The van der Waals surface area contributed by atoms with Gasteiger partial charge in [0.05, 0.1) is 11.2 Å². The van der Waals surface area contributed by atoms with E-state index in [0.29, 0.717) is 0 Å². The molecule has 0 aliphatic carbocycles. The summed E-state index contributed by atoms with van der Waals surface area (Å²) in [4.78, 5) is 21.2. The first-order valence-electron chi connectivity index (χ1n) is 5.98. The number of aryl methyl sites for hydroxylation is 1. The highest BCUT2D eigenvalue weighted by Gasteiger charge is 2.18. The van der Waals surface area contributed by atoms with Crippen LogP contribution in [-0.2, 0) is 0 Å². The quantitative estimate of drug-likeness (QED) is 0.778. The molecular weight excluding hydrogens is 234 g/mol. The summed E-state index contributed by atoms with van der Waals surface area (Å²) in [5, 5.41) is 0. The zero-order chi connectivity index (χ0) is 12.8. The first-order chi connectivity index (χ1) is 8.10. The molecule has 0 spiro atoms. The molecule has 17 heavy (non-hydrogen) atoms. The van der Waals surface area contributed by atoms with Gasteiger partial charge in [-0.15, -0.1) is 11.3 Å². The third-order valence-corrected chi connectivity index (χ3v) is 3.82. The topological polar surface area (TPSA) is 36.4 Å². The molecule has 0 atom stereocenters. The number of nitrogens with zero attached hydrogens (tertiary/aromatic N) is 3. The minimum absolute atomic E-state index is 0.108. The van der Waals surface area contributed by atoms with Crippen molar-refractivity contribution in [2.45, 2.75) is 20.8 Å². The molecule has 1 rings (SSSR count). The maximum atomic E-state index is 12.2. The summed E-state index contributed by atoms with van der Waals surface area (Å²) in [6, 6.07) is 0. The molecule has 0 aliphatic rings. The molecule has 0 radical (unpaired) electrons. The fourth-order valence-corrected chi connectivity index (χ4v) is 2.27. The molecule has 96 valence electrons. The Morgan fingerprint density at radius 2 is 2.06 bits per heavy atom. The highest BCUT2D eigenvalue weighted by molar-refractivity contribution is 7.11. The van der Waals surface area contributed by atoms with Crippen molar-refractivity contribution in [2.75, 3.05) is 33.2 Å². The van der Waals surface area contributed by atoms with Gasteiger partial charge >= 0.3 is 0 Å². The Morgan fingerprint density at radius 1 is 1.35 bits per heavy atom. The van der Waals surface area contributed by atoms with Crippen molar-refractivity contribution in [3.63, 3.8) is 0 Å². The molecule has 0 saturated heterocycles. The van der Waals surface area contributed by atoms with Crippen LogP contribution < -0.4 is 0 Å². The molecular formula is C12H21N3OS. The smallest absolute Gasteiger partial charge is 0.265 e. The second-order valence-electron chi connectivity index (χ2n) is 4.05. The molecule has 0 N–H and O–H groups in total. The first-order valence-corrected chi connectivity index (χ1v) is 6.86. The van der Waals surface area contributed by atoms with Gasteiger partial charge in [-0.1, -0.05) is 6.92 Å². The number of hydrogen-bond acceptors (Lipinski definition) is 4. The zero-order valence-corrected chi connectivity index (χ0v) is 11.9. The van der Waals surface area contributed by atoms with Crippen LogP contribution in [0.15, 0.2) is 5.51 Å². The maximum absolute atomic E-state index is 12.2. The Morgan fingerprint density at radius 3 is 2.53 bits per heavy atom. The van der Waals surface area contributed by atoms with Gasteiger partial charge in [-0.2, -0.15) is 0 Å². The predicted octanol–water partition coefficient (Wildman–Crippen LogP) is 1.87. The van der Waals surface area contributed by atoms with Crippen LogP contribution >= 0.6 is 11.3 Å². The SMILES string of the molecule is CCN(C)CCN(CC)C(=O)c1scnc1C. The zero-order valence-electron chi connectivity index (χ0n) is 11.1. The summed E-state index contributed by atoms with van der Waals surface area (Å²) < 4.78 is 0. The van der Waals surface area contributed by atoms with Crippen LogP contribution in [0.1, 0.15) is 29.2 Å². The lowest BCUT2D eigenvalue weighted by Crippen LogP contribution is -2.37. The molecule has 0 aliphatic heterocycles. The molecule has 1 aromatic rings. The number of likely N-dealkylation sites (N-methyl/N-ethyl adjacent to an activating group) is 2. The molecule has 0 saturated carbocycles. The number of carbonyl (C=O) groups is 1. The normalized spacial score (nSPS) is 10.9. The number of thiazole rings is 1. The van der Waals surface area contributed by atoms with Crippen LogP contribution in [0.3, 0.4) is 0 Å². The fourth-order valence-electron chi connectivity index (χ4n) is 1.50. The molecule has 0 aromatic carbocycles. The summed E-state index contributed by atoms with van der Waals surface area (Å²) in [6.07, 6.45) is 0. The van der Waals surface area contributed by atoms with Crippen LogP contribution in [0.25, 0.3) is 0 Å². The number of rotatable bonds is 6. The van der Waals surface area contributed by atoms with Crippen molar-refractivity contribution >= 4 is 17.2 Å². The monoisotopic (exact) mass is 255 g/mol. The minimum Gasteiger partial charge on any atom is -0.337 e. The average molecular weight is 255 g/mol. The number of hydrogen-bond donors (Lipinski definition) is 0. The Labute approximate surface area is 107 Å². The average Bonchev–Trinajstić information content (AvgIpc) is 2.75. The van der Waals surface area contributed by atoms with Gasteiger partial charge in [0, 0.05) is 19.6 Å². The third kappa shape index (κ3) is 3.78. The van der Waals surface area contributed by atoms with Gasteiger partial charge in [0.25, 0.3) is 5.91 Å². The van der Waals surface area contributed by atoms with Gasteiger partial charge in [0.2, 0.25) is 0 Å².